The first-order chi connectivity index (χ1) is 19.0. The van der Waals surface area contributed by atoms with Gasteiger partial charge in [-0.1, -0.05) is 60.1 Å². The minimum atomic E-state index is -0.817. The van der Waals surface area contributed by atoms with E-state index >= 15 is 0 Å². The average molecular weight is 560 g/mol. The van der Waals surface area contributed by atoms with E-state index in [1.54, 1.807) is 6.92 Å². The fourth-order valence-corrected chi connectivity index (χ4v) is 10.6. The van der Waals surface area contributed by atoms with Crippen LogP contribution in [0.1, 0.15) is 118 Å². The Hall–Kier alpha value is -2.59. The normalized spacial score (nSPS) is 45.7. The van der Waals surface area contributed by atoms with E-state index in [1.807, 2.05) is 26.0 Å². The fourth-order valence-electron chi connectivity index (χ4n) is 10.6. The van der Waals surface area contributed by atoms with Gasteiger partial charge < -0.3 is 9.52 Å². The van der Waals surface area contributed by atoms with E-state index in [0.717, 1.165) is 50.5 Å². The van der Waals surface area contributed by atoms with Crippen LogP contribution < -0.4 is 0 Å². The standard InChI is InChI=1S/C34H45N3O4/c1-19(38)27-36-37-28(41-27)31(5)12-11-30(4)13-14-34(8)25(21(30)17-31)22(39)15-24-32(6)16-20(18-35)26(40)29(2,3)23(32)9-10-33(24,34)7/h15-16,19,21,23,25,38H,9-14,17H2,1-8H3/t19-,21?,23-,25?,30+,31-,32-,33+,34+/m0/s1. The van der Waals surface area contributed by atoms with Crippen molar-refractivity contribution in [2.45, 2.75) is 112 Å². The van der Waals surface area contributed by atoms with Crippen molar-refractivity contribution in [3.05, 3.63) is 35.1 Å². The molecular formula is C34H45N3O4. The van der Waals surface area contributed by atoms with E-state index in [-0.39, 0.29) is 62.4 Å². The van der Waals surface area contributed by atoms with Crippen molar-refractivity contribution in [2.75, 3.05) is 0 Å². The number of carbonyl (C=O) groups is 2. The first-order valence-electron chi connectivity index (χ1n) is 15.4. The Bertz CT molecular complexity index is 1450. The van der Waals surface area contributed by atoms with E-state index < -0.39 is 16.9 Å². The van der Waals surface area contributed by atoms with Crippen LogP contribution in [0, 0.1) is 56.2 Å². The van der Waals surface area contributed by atoms with Gasteiger partial charge >= 0.3 is 0 Å². The highest BCUT2D eigenvalue weighted by Crippen LogP contribution is 2.74. The highest BCUT2D eigenvalue weighted by atomic mass is 16.4. The second kappa shape index (κ2) is 8.49. The van der Waals surface area contributed by atoms with E-state index in [4.69, 9.17) is 4.42 Å². The Morgan fingerprint density at radius 2 is 1.71 bits per heavy atom. The molecule has 5 aliphatic carbocycles. The number of nitriles is 1. The summed E-state index contributed by atoms with van der Waals surface area (Å²) < 4.78 is 5.99. The molecule has 7 nitrogen and oxygen atoms in total. The lowest BCUT2D eigenvalue weighted by atomic mass is 9.34. The van der Waals surface area contributed by atoms with Gasteiger partial charge in [0, 0.05) is 22.2 Å². The summed E-state index contributed by atoms with van der Waals surface area (Å²) in [5.74, 6) is 0.979. The second-order valence-corrected chi connectivity index (χ2v) is 15.9. The molecule has 1 heterocycles. The zero-order valence-corrected chi connectivity index (χ0v) is 25.9. The number of Topliss-reactive ketones (excluding diaryl/α,β-unsaturated/α-hetero) is 1. The lowest BCUT2D eigenvalue weighted by molar-refractivity contribution is -0.166. The van der Waals surface area contributed by atoms with E-state index in [0.29, 0.717) is 5.89 Å². The molecule has 1 N–H and O–H groups in total. The van der Waals surface area contributed by atoms with Gasteiger partial charge in [-0.2, -0.15) is 5.26 Å². The van der Waals surface area contributed by atoms with Crippen LogP contribution in [-0.4, -0.2) is 26.9 Å². The summed E-state index contributed by atoms with van der Waals surface area (Å²) in [6, 6.07) is 2.19. The van der Waals surface area contributed by atoms with Gasteiger partial charge in [-0.05, 0) is 86.0 Å². The van der Waals surface area contributed by atoms with Gasteiger partial charge in [-0.15, -0.1) is 10.2 Å². The number of fused-ring (bicyclic) bond motifs is 7. The van der Waals surface area contributed by atoms with E-state index in [2.05, 4.69) is 50.9 Å². The third kappa shape index (κ3) is 3.52. The number of nitrogens with zero attached hydrogens (tertiary/aromatic N) is 3. The summed E-state index contributed by atoms with van der Waals surface area (Å²) in [7, 11) is 0. The molecule has 0 spiro atoms. The summed E-state index contributed by atoms with van der Waals surface area (Å²) in [6.07, 6.45) is 9.57. The minimum Gasteiger partial charge on any atom is -0.422 e. The molecule has 1 aromatic rings. The molecule has 220 valence electrons. The van der Waals surface area contributed by atoms with Crippen molar-refractivity contribution < 1.29 is 19.1 Å². The van der Waals surface area contributed by atoms with Crippen LogP contribution in [0.5, 0.6) is 0 Å². The van der Waals surface area contributed by atoms with Crippen molar-refractivity contribution in [2.24, 2.45) is 44.8 Å². The number of carbonyl (C=O) groups excluding carboxylic acids is 2. The first-order valence-corrected chi connectivity index (χ1v) is 15.4. The van der Waals surface area contributed by atoms with Gasteiger partial charge in [-0.25, -0.2) is 0 Å². The molecular weight excluding hydrogens is 514 g/mol. The lowest BCUT2D eigenvalue weighted by Gasteiger charge is -2.69. The smallest absolute Gasteiger partial charge is 0.244 e. The molecule has 6 rings (SSSR count). The summed E-state index contributed by atoms with van der Waals surface area (Å²) in [6.45, 7) is 17.0. The maximum atomic E-state index is 14.5. The Morgan fingerprint density at radius 3 is 2.34 bits per heavy atom. The van der Waals surface area contributed by atoms with Crippen LogP contribution in [0.4, 0.5) is 0 Å². The first kappa shape index (κ1) is 28.5. The van der Waals surface area contributed by atoms with Crippen molar-refractivity contribution in [3.8, 4) is 6.07 Å². The quantitative estimate of drug-likeness (QED) is 0.434. The largest absolute Gasteiger partial charge is 0.422 e. The third-order valence-electron chi connectivity index (χ3n) is 13.4. The number of aliphatic hydroxyl groups is 1. The van der Waals surface area contributed by atoms with Crippen molar-refractivity contribution in [1.82, 2.24) is 10.2 Å². The molecule has 3 fully saturated rings. The molecule has 0 amide bonds. The average Bonchev–Trinajstić information content (AvgIpc) is 3.41. The number of aromatic nitrogens is 2. The van der Waals surface area contributed by atoms with Crippen LogP contribution in [0.25, 0.3) is 0 Å². The zero-order chi connectivity index (χ0) is 30.0. The van der Waals surface area contributed by atoms with Gasteiger partial charge in [0.15, 0.2) is 11.6 Å². The maximum Gasteiger partial charge on any atom is 0.244 e. The molecule has 0 radical (unpaired) electrons. The SMILES string of the molecule is C[C@H](O)c1nnc([C@@]2(C)CC[C@]3(C)CC[C@]4(C)C(C(=O)C=C5[C@@]6(C)C=C(C#N)C(=O)C(C)(C)[C@@H]6CC[C@]54C)C3C2)o1. The highest BCUT2D eigenvalue weighted by molar-refractivity contribution is 6.04. The topological polar surface area (TPSA) is 117 Å². The van der Waals surface area contributed by atoms with E-state index in [9.17, 15) is 20.0 Å². The summed E-state index contributed by atoms with van der Waals surface area (Å²) in [5.41, 5.74) is -0.643. The Morgan fingerprint density at radius 1 is 1.02 bits per heavy atom. The van der Waals surface area contributed by atoms with Crippen molar-refractivity contribution in [1.29, 1.82) is 5.26 Å². The van der Waals surface area contributed by atoms with Crippen LogP contribution in [0.15, 0.2) is 27.7 Å². The van der Waals surface area contributed by atoms with Gasteiger partial charge in [-0.3, -0.25) is 9.59 Å². The minimum absolute atomic E-state index is 0.0411. The monoisotopic (exact) mass is 559 g/mol. The van der Waals surface area contributed by atoms with Crippen LogP contribution in [0.3, 0.4) is 0 Å². The van der Waals surface area contributed by atoms with Crippen LogP contribution >= 0.6 is 0 Å². The van der Waals surface area contributed by atoms with Crippen molar-refractivity contribution >= 4 is 11.6 Å². The molecule has 5 aliphatic rings. The molecule has 0 aromatic carbocycles. The molecule has 7 heteroatoms. The highest BCUT2D eigenvalue weighted by Gasteiger charge is 2.69. The molecule has 0 aliphatic heterocycles. The Balaban J connectivity index is 1.46. The van der Waals surface area contributed by atoms with E-state index in [1.165, 1.54) is 0 Å². The number of rotatable bonds is 2. The van der Waals surface area contributed by atoms with Crippen LogP contribution in [-0.2, 0) is 15.0 Å². The molecule has 9 atom stereocenters. The zero-order valence-electron chi connectivity index (χ0n) is 25.9. The summed E-state index contributed by atoms with van der Waals surface area (Å²) in [4.78, 5) is 27.8. The summed E-state index contributed by atoms with van der Waals surface area (Å²) >= 11 is 0. The molecule has 1 aromatic heterocycles. The number of allylic oxidation sites excluding steroid dienone is 4. The molecule has 0 saturated heterocycles. The molecule has 3 saturated carbocycles. The molecule has 0 bridgehead atoms. The molecule has 2 unspecified atom stereocenters. The fraction of sp³-hybridized carbons (Fsp3) is 0.735. The predicted molar refractivity (Wildman–Crippen MR) is 153 cm³/mol. The van der Waals surface area contributed by atoms with Gasteiger partial charge in [0.05, 0.1) is 5.57 Å². The maximum absolute atomic E-state index is 14.5. The molecule has 41 heavy (non-hydrogen) atoms. The van der Waals surface area contributed by atoms with Gasteiger partial charge in [0.25, 0.3) is 0 Å². The number of aliphatic hydroxyl groups excluding tert-OH is 1. The number of hydrogen-bond donors (Lipinski definition) is 1. The second-order valence-electron chi connectivity index (χ2n) is 15.9. The number of hydrogen-bond acceptors (Lipinski definition) is 7. The van der Waals surface area contributed by atoms with Crippen molar-refractivity contribution in [3.63, 3.8) is 0 Å². The predicted octanol–water partition coefficient (Wildman–Crippen LogP) is 6.59. The number of ketones is 2. The Labute approximate surface area is 243 Å². The lowest BCUT2D eigenvalue weighted by Crippen LogP contribution is -2.64. The Kier molecular flexibility index (Phi) is 5.91. The third-order valence-corrected chi connectivity index (χ3v) is 13.4. The van der Waals surface area contributed by atoms with Gasteiger partial charge in [0.2, 0.25) is 11.8 Å². The van der Waals surface area contributed by atoms with Crippen LogP contribution in [0.2, 0.25) is 0 Å². The van der Waals surface area contributed by atoms with Gasteiger partial charge in [0.1, 0.15) is 12.2 Å². The summed E-state index contributed by atoms with van der Waals surface area (Å²) in [5, 5.41) is 28.4.